The third kappa shape index (κ3) is 7.71. The van der Waals surface area contributed by atoms with Crippen molar-refractivity contribution < 1.29 is 18.8 Å². The molecule has 8 heteroatoms. The summed E-state index contributed by atoms with van der Waals surface area (Å²) < 4.78 is 5.33. The van der Waals surface area contributed by atoms with Gasteiger partial charge < -0.3 is 20.4 Å². The van der Waals surface area contributed by atoms with Gasteiger partial charge in [0.05, 0.1) is 12.0 Å². The topological polar surface area (TPSA) is 100 Å². The van der Waals surface area contributed by atoms with Gasteiger partial charge in [0, 0.05) is 27.9 Å². The van der Waals surface area contributed by atoms with Crippen molar-refractivity contribution in [3.05, 3.63) is 120 Å². The summed E-state index contributed by atoms with van der Waals surface area (Å²) in [4.78, 5) is 39.0. The van der Waals surface area contributed by atoms with E-state index in [1.807, 2.05) is 37.3 Å². The van der Waals surface area contributed by atoms with Crippen LogP contribution in [0.2, 0.25) is 0 Å². The first kappa shape index (κ1) is 25.5. The van der Waals surface area contributed by atoms with Crippen LogP contribution in [-0.2, 0) is 9.59 Å². The van der Waals surface area contributed by atoms with Gasteiger partial charge in [-0.05, 0) is 67.1 Å². The molecular weight excluding hydrogens is 486 g/mol. The second kappa shape index (κ2) is 12.4. The third-order valence-electron chi connectivity index (χ3n) is 5.12. The number of carbonyl (C=O) groups excluding carboxylic acids is 3. The maximum absolute atomic E-state index is 13.1. The predicted molar refractivity (Wildman–Crippen MR) is 146 cm³/mol. The highest BCUT2D eigenvalue weighted by Crippen LogP contribution is 2.23. The lowest BCUT2D eigenvalue weighted by Gasteiger charge is -2.12. The Labute approximate surface area is 219 Å². The Morgan fingerprint density at radius 3 is 2.32 bits per heavy atom. The first-order valence-corrected chi connectivity index (χ1v) is 12.5. The number of thioether (sulfide) groups is 1. The normalized spacial score (nSPS) is 11.0. The molecule has 0 atom stereocenters. The van der Waals surface area contributed by atoms with E-state index in [0.717, 1.165) is 16.1 Å². The average Bonchev–Trinajstić information content (AvgIpc) is 3.41. The second-order valence-corrected chi connectivity index (χ2v) is 9.13. The molecule has 0 saturated carbocycles. The predicted octanol–water partition coefficient (Wildman–Crippen LogP) is 5.73. The molecule has 1 heterocycles. The molecule has 3 N–H and O–H groups in total. The van der Waals surface area contributed by atoms with Crippen molar-refractivity contribution in [3.8, 4) is 0 Å². The number of rotatable bonds is 9. The maximum atomic E-state index is 13.1. The van der Waals surface area contributed by atoms with Gasteiger partial charge in [0.25, 0.3) is 11.8 Å². The molecular formula is C29H25N3O4S. The van der Waals surface area contributed by atoms with Gasteiger partial charge in [-0.25, -0.2) is 0 Å². The van der Waals surface area contributed by atoms with Crippen molar-refractivity contribution in [2.24, 2.45) is 0 Å². The summed E-state index contributed by atoms with van der Waals surface area (Å²) in [6, 6.07) is 26.7. The van der Waals surface area contributed by atoms with Crippen molar-refractivity contribution >= 4 is 46.9 Å². The Morgan fingerprint density at radius 2 is 1.59 bits per heavy atom. The Balaban J connectivity index is 1.41. The van der Waals surface area contributed by atoms with E-state index >= 15 is 0 Å². The minimum Gasteiger partial charge on any atom is -0.465 e. The van der Waals surface area contributed by atoms with Gasteiger partial charge in [-0.1, -0.05) is 36.4 Å². The Kier molecular flexibility index (Phi) is 8.57. The molecule has 0 radical (unpaired) electrons. The molecule has 3 amide bonds. The van der Waals surface area contributed by atoms with Crippen LogP contribution in [-0.4, -0.2) is 23.5 Å². The summed E-state index contributed by atoms with van der Waals surface area (Å²) in [5, 5.41) is 8.35. The zero-order chi connectivity index (χ0) is 26.0. The zero-order valence-electron chi connectivity index (χ0n) is 20.1. The highest BCUT2D eigenvalue weighted by atomic mass is 32.2. The van der Waals surface area contributed by atoms with Crippen molar-refractivity contribution in [2.45, 2.75) is 11.8 Å². The van der Waals surface area contributed by atoms with Crippen molar-refractivity contribution in [1.29, 1.82) is 0 Å². The summed E-state index contributed by atoms with van der Waals surface area (Å²) in [5.74, 6) is -0.431. The first-order valence-electron chi connectivity index (χ1n) is 11.5. The van der Waals surface area contributed by atoms with Crippen LogP contribution in [0.25, 0.3) is 6.08 Å². The number of amides is 3. The van der Waals surface area contributed by atoms with Crippen LogP contribution in [0.1, 0.15) is 21.7 Å². The summed E-state index contributed by atoms with van der Waals surface area (Å²) in [5.41, 5.74) is 2.78. The minimum atomic E-state index is -0.514. The largest absolute Gasteiger partial charge is 0.465 e. The molecule has 4 aromatic rings. The van der Waals surface area contributed by atoms with Crippen LogP contribution < -0.4 is 16.0 Å². The average molecular weight is 512 g/mol. The van der Waals surface area contributed by atoms with E-state index in [4.69, 9.17) is 4.42 Å². The summed E-state index contributed by atoms with van der Waals surface area (Å²) in [7, 11) is 0. The van der Waals surface area contributed by atoms with Crippen LogP contribution in [0.3, 0.4) is 0 Å². The van der Waals surface area contributed by atoms with Crippen LogP contribution in [0.5, 0.6) is 0 Å². The molecule has 3 aromatic carbocycles. The van der Waals surface area contributed by atoms with E-state index in [0.29, 0.717) is 17.0 Å². The molecule has 37 heavy (non-hydrogen) atoms. The fourth-order valence-corrected chi connectivity index (χ4v) is 4.14. The molecule has 0 aliphatic carbocycles. The summed E-state index contributed by atoms with van der Waals surface area (Å²) in [6.45, 7) is 1.96. The molecule has 1 aromatic heterocycles. The monoisotopic (exact) mass is 511 g/mol. The van der Waals surface area contributed by atoms with Crippen molar-refractivity contribution in [1.82, 2.24) is 5.32 Å². The molecule has 0 unspecified atom stereocenters. The van der Waals surface area contributed by atoms with Gasteiger partial charge in [0.15, 0.2) is 0 Å². The smallest absolute Gasteiger partial charge is 0.272 e. The van der Waals surface area contributed by atoms with Gasteiger partial charge in [0.2, 0.25) is 5.91 Å². The Bertz CT molecular complexity index is 1420. The number of aryl methyl sites for hydroxylation is 1. The van der Waals surface area contributed by atoms with Gasteiger partial charge in [-0.2, -0.15) is 0 Å². The number of nitrogens with one attached hydrogen (secondary N) is 3. The number of anilines is 2. The number of carbonyl (C=O) groups is 3. The standard InChI is InChI=1S/C29H25N3O4S/c1-20-8-5-11-22(16-20)30-27(33)19-37-25-14-6-12-23(17-25)31-29(35)26(18-24-13-7-15-36-24)32-28(34)21-9-3-2-4-10-21/h2-18H,19H2,1H3,(H,30,33)(H,31,35)(H,32,34)/b26-18-. The fourth-order valence-electron chi connectivity index (χ4n) is 3.39. The lowest BCUT2D eigenvalue weighted by atomic mass is 10.2. The van der Waals surface area contributed by atoms with Crippen LogP contribution in [0.4, 0.5) is 11.4 Å². The Morgan fingerprint density at radius 1 is 0.838 bits per heavy atom. The van der Waals surface area contributed by atoms with Crippen molar-refractivity contribution in [2.75, 3.05) is 16.4 Å². The second-order valence-electron chi connectivity index (χ2n) is 8.08. The van der Waals surface area contributed by atoms with Crippen molar-refractivity contribution in [3.63, 3.8) is 0 Å². The number of furan rings is 1. The third-order valence-corrected chi connectivity index (χ3v) is 6.12. The van der Waals surface area contributed by atoms with E-state index in [-0.39, 0.29) is 17.4 Å². The van der Waals surface area contributed by atoms with E-state index < -0.39 is 11.8 Å². The Hall–Kier alpha value is -4.56. The van der Waals surface area contributed by atoms with Gasteiger partial charge in [-0.3, -0.25) is 14.4 Å². The number of hydrogen-bond acceptors (Lipinski definition) is 5. The molecule has 7 nitrogen and oxygen atoms in total. The van der Waals surface area contributed by atoms with E-state index in [2.05, 4.69) is 16.0 Å². The summed E-state index contributed by atoms with van der Waals surface area (Å²) >= 11 is 1.35. The first-order chi connectivity index (χ1) is 18.0. The number of hydrogen-bond donors (Lipinski definition) is 3. The van der Waals surface area contributed by atoms with E-state index in [1.165, 1.54) is 24.1 Å². The van der Waals surface area contributed by atoms with Crippen LogP contribution >= 0.6 is 11.8 Å². The molecule has 0 saturated heterocycles. The molecule has 186 valence electrons. The minimum absolute atomic E-state index is 0.0272. The molecule has 0 fully saturated rings. The zero-order valence-corrected chi connectivity index (χ0v) is 20.9. The van der Waals surface area contributed by atoms with Gasteiger partial charge >= 0.3 is 0 Å². The molecule has 0 aliphatic rings. The molecule has 0 spiro atoms. The lowest BCUT2D eigenvalue weighted by molar-refractivity contribution is -0.114. The maximum Gasteiger partial charge on any atom is 0.272 e. The quantitative estimate of drug-likeness (QED) is 0.197. The van der Waals surface area contributed by atoms with Gasteiger partial charge in [0.1, 0.15) is 11.5 Å². The highest BCUT2D eigenvalue weighted by Gasteiger charge is 2.16. The fraction of sp³-hybridized carbons (Fsp3) is 0.0690. The van der Waals surface area contributed by atoms with Gasteiger partial charge in [-0.15, -0.1) is 11.8 Å². The molecule has 0 bridgehead atoms. The lowest BCUT2D eigenvalue weighted by Crippen LogP contribution is -2.30. The number of benzene rings is 3. The highest BCUT2D eigenvalue weighted by molar-refractivity contribution is 8.00. The summed E-state index contributed by atoms with van der Waals surface area (Å²) in [6.07, 6.45) is 2.95. The SMILES string of the molecule is Cc1cccc(NC(=O)CSc2cccc(NC(=O)/C(=C/c3ccco3)NC(=O)c3ccccc3)c2)c1. The van der Waals surface area contributed by atoms with Crippen LogP contribution in [0.15, 0.2) is 112 Å². The van der Waals surface area contributed by atoms with E-state index in [1.54, 1.807) is 60.7 Å². The van der Waals surface area contributed by atoms with Crippen LogP contribution in [0, 0.1) is 6.92 Å². The van der Waals surface area contributed by atoms with E-state index in [9.17, 15) is 14.4 Å². The molecule has 4 rings (SSSR count). The molecule has 0 aliphatic heterocycles.